The summed E-state index contributed by atoms with van der Waals surface area (Å²) in [4.78, 5) is 10.3. The number of carbonyl (C=O) groups is 1. The zero-order valence-corrected chi connectivity index (χ0v) is 12.1. The minimum atomic E-state index is -6.43. The first-order chi connectivity index (χ1) is 9.92. The lowest BCUT2D eigenvalue weighted by Gasteiger charge is -2.35. The van der Waals surface area contributed by atoms with Gasteiger partial charge in [0, 0.05) is 6.92 Å². The van der Waals surface area contributed by atoms with Crippen molar-refractivity contribution in [1.29, 1.82) is 0 Å². The number of carboxylic acids is 1. The van der Waals surface area contributed by atoms with Crippen LogP contribution in [0.4, 0.5) is 35.1 Å². The van der Waals surface area contributed by atoms with Crippen LogP contribution in [0.25, 0.3) is 0 Å². The van der Waals surface area contributed by atoms with Gasteiger partial charge in [-0.1, -0.05) is 6.92 Å². The minimum absolute atomic E-state index is 0.155. The first-order valence-corrected chi connectivity index (χ1v) is 6.00. The van der Waals surface area contributed by atoms with Crippen LogP contribution in [0.5, 0.6) is 0 Å². The van der Waals surface area contributed by atoms with Crippen molar-refractivity contribution in [1.82, 2.24) is 0 Å². The molecule has 1 N–H and O–H groups in total. The summed E-state index contributed by atoms with van der Waals surface area (Å²) in [6.45, 7) is 0.591. The third-order valence-electron chi connectivity index (χ3n) is 2.81. The highest BCUT2D eigenvalue weighted by Crippen LogP contribution is 2.44. The van der Waals surface area contributed by atoms with E-state index < -0.39 is 42.2 Å². The summed E-state index contributed by atoms with van der Waals surface area (Å²) in [5.41, 5.74) is -2.31. The Morgan fingerprint density at radius 1 is 1.00 bits per heavy atom. The van der Waals surface area contributed by atoms with Gasteiger partial charge in [-0.05, 0) is 13.3 Å². The molecule has 0 rings (SSSR count). The van der Waals surface area contributed by atoms with E-state index in [0.29, 0.717) is 0 Å². The summed E-state index contributed by atoms with van der Waals surface area (Å²) in [6.07, 6.45) is -12.4. The third-order valence-corrected chi connectivity index (χ3v) is 2.81. The summed E-state index contributed by atoms with van der Waals surface area (Å²) < 4.78 is 111. The fourth-order valence-electron chi connectivity index (χ4n) is 0.963. The average molecular weight is 362 g/mol. The lowest BCUT2D eigenvalue weighted by Crippen LogP contribution is -2.59. The maximum absolute atomic E-state index is 13.7. The van der Waals surface area contributed by atoms with Gasteiger partial charge in [0.15, 0.2) is 0 Å². The maximum Gasteiger partial charge on any atom is 0.460 e. The number of carboxylic acid groups (broad SMARTS) is 1. The van der Waals surface area contributed by atoms with E-state index in [9.17, 15) is 39.9 Å². The van der Waals surface area contributed by atoms with Crippen LogP contribution < -0.4 is 0 Å². The molecular weight excluding hydrogens is 348 g/mol. The molecule has 3 atom stereocenters. The molecule has 4 nitrogen and oxygen atoms in total. The summed E-state index contributed by atoms with van der Waals surface area (Å²) >= 11 is 0. The highest BCUT2D eigenvalue weighted by atomic mass is 19.4. The fourth-order valence-corrected chi connectivity index (χ4v) is 0.963. The second-order valence-corrected chi connectivity index (χ2v) is 4.99. The average Bonchev–Trinajstić information content (AvgIpc) is 2.34. The van der Waals surface area contributed by atoms with Crippen molar-refractivity contribution in [3.05, 3.63) is 0 Å². The van der Waals surface area contributed by atoms with Crippen LogP contribution in [-0.2, 0) is 14.3 Å². The molecular formula is C11H14F8O4. The molecule has 0 radical (unpaired) electrons. The molecule has 0 saturated carbocycles. The van der Waals surface area contributed by atoms with Gasteiger partial charge in [-0.15, -0.1) is 0 Å². The van der Waals surface area contributed by atoms with Crippen LogP contribution in [-0.4, -0.2) is 47.3 Å². The van der Waals surface area contributed by atoms with Gasteiger partial charge >= 0.3 is 24.1 Å². The Balaban J connectivity index is 5.41. The number of halogens is 8. The maximum atomic E-state index is 13.7. The van der Waals surface area contributed by atoms with E-state index >= 15 is 0 Å². The summed E-state index contributed by atoms with van der Waals surface area (Å²) in [7, 11) is 0. The standard InChI is InChI=1S/C11H14F8O4/c1-4-7(2,12)5-22-8(3,13)11(18,19)23-9(14,6(20)21)10(15,16)17/h4-5H2,1-3H3,(H,20,21). The van der Waals surface area contributed by atoms with Gasteiger partial charge in [-0.2, -0.15) is 26.3 Å². The molecule has 0 bridgehead atoms. The zero-order chi connectivity index (χ0) is 18.9. The summed E-state index contributed by atoms with van der Waals surface area (Å²) in [6, 6.07) is 0. The number of aliphatic carboxylic acids is 1. The molecule has 0 aromatic carbocycles. The quantitative estimate of drug-likeness (QED) is 0.669. The Bertz CT molecular complexity index is 434. The van der Waals surface area contributed by atoms with E-state index in [2.05, 4.69) is 9.47 Å². The van der Waals surface area contributed by atoms with Crippen LogP contribution in [0.15, 0.2) is 0 Å². The van der Waals surface area contributed by atoms with E-state index in [4.69, 9.17) is 5.11 Å². The van der Waals surface area contributed by atoms with Crippen molar-refractivity contribution < 1.29 is 54.5 Å². The molecule has 0 aromatic rings. The van der Waals surface area contributed by atoms with Crippen LogP contribution in [0.3, 0.4) is 0 Å². The molecule has 0 fully saturated rings. The van der Waals surface area contributed by atoms with E-state index in [0.717, 1.165) is 6.92 Å². The first-order valence-electron chi connectivity index (χ1n) is 6.00. The largest absolute Gasteiger partial charge is 0.477 e. The lowest BCUT2D eigenvalue weighted by molar-refractivity contribution is -0.453. The predicted molar refractivity (Wildman–Crippen MR) is 58.8 cm³/mol. The van der Waals surface area contributed by atoms with Crippen LogP contribution in [0.1, 0.15) is 27.2 Å². The van der Waals surface area contributed by atoms with Crippen molar-refractivity contribution >= 4 is 5.97 Å². The van der Waals surface area contributed by atoms with Crippen molar-refractivity contribution in [3.63, 3.8) is 0 Å². The normalized spacial score (nSPS) is 21.2. The van der Waals surface area contributed by atoms with Gasteiger partial charge in [-0.25, -0.2) is 13.6 Å². The second-order valence-electron chi connectivity index (χ2n) is 4.99. The summed E-state index contributed by atoms with van der Waals surface area (Å²) in [5.74, 6) is -13.8. The molecule has 0 spiro atoms. The van der Waals surface area contributed by atoms with Crippen molar-refractivity contribution in [2.75, 3.05) is 6.61 Å². The molecule has 0 saturated heterocycles. The Hall–Kier alpha value is -1.17. The van der Waals surface area contributed by atoms with Gasteiger partial charge in [0.25, 0.3) is 5.85 Å². The molecule has 138 valence electrons. The molecule has 12 heteroatoms. The fraction of sp³-hybridized carbons (Fsp3) is 0.909. The Morgan fingerprint density at radius 2 is 1.43 bits per heavy atom. The number of rotatable bonds is 8. The van der Waals surface area contributed by atoms with Gasteiger partial charge in [0.1, 0.15) is 5.67 Å². The van der Waals surface area contributed by atoms with Crippen LogP contribution >= 0.6 is 0 Å². The molecule has 23 heavy (non-hydrogen) atoms. The molecule has 0 aliphatic heterocycles. The number of alkyl halides is 8. The SMILES string of the molecule is CCC(C)(F)COC(C)(F)C(F)(F)OC(F)(C(=O)O)C(F)(F)F. The molecule has 0 heterocycles. The van der Waals surface area contributed by atoms with E-state index in [1.807, 2.05) is 0 Å². The Morgan fingerprint density at radius 3 is 1.74 bits per heavy atom. The third kappa shape index (κ3) is 4.90. The van der Waals surface area contributed by atoms with Gasteiger partial charge < -0.3 is 9.84 Å². The van der Waals surface area contributed by atoms with E-state index in [1.165, 1.54) is 6.92 Å². The molecule has 0 amide bonds. The van der Waals surface area contributed by atoms with Crippen molar-refractivity contribution in [3.8, 4) is 0 Å². The number of ether oxygens (including phenoxy) is 2. The number of hydrogen-bond donors (Lipinski definition) is 1. The van der Waals surface area contributed by atoms with Crippen molar-refractivity contribution in [2.24, 2.45) is 0 Å². The zero-order valence-electron chi connectivity index (χ0n) is 12.1. The number of hydrogen-bond acceptors (Lipinski definition) is 3. The van der Waals surface area contributed by atoms with Gasteiger partial charge in [0.05, 0.1) is 6.61 Å². The Kier molecular flexibility index (Phi) is 6.06. The van der Waals surface area contributed by atoms with E-state index in [-0.39, 0.29) is 13.3 Å². The smallest absolute Gasteiger partial charge is 0.460 e. The predicted octanol–water partition coefficient (Wildman–Crippen LogP) is 3.75. The topological polar surface area (TPSA) is 55.8 Å². The molecule has 0 aromatic heterocycles. The Labute approximate surface area is 125 Å². The van der Waals surface area contributed by atoms with Gasteiger partial charge in [0.2, 0.25) is 0 Å². The molecule has 0 aliphatic rings. The monoisotopic (exact) mass is 362 g/mol. The highest BCUT2D eigenvalue weighted by molar-refractivity contribution is 5.76. The molecule has 3 unspecified atom stereocenters. The second kappa shape index (κ2) is 6.38. The van der Waals surface area contributed by atoms with Gasteiger partial charge in [-0.3, -0.25) is 4.74 Å². The van der Waals surface area contributed by atoms with Crippen LogP contribution in [0, 0.1) is 0 Å². The van der Waals surface area contributed by atoms with Crippen LogP contribution in [0.2, 0.25) is 0 Å². The lowest BCUT2D eigenvalue weighted by atomic mass is 10.1. The highest BCUT2D eigenvalue weighted by Gasteiger charge is 2.71. The minimum Gasteiger partial charge on any atom is -0.477 e. The van der Waals surface area contributed by atoms with E-state index in [1.54, 1.807) is 0 Å². The summed E-state index contributed by atoms with van der Waals surface area (Å²) in [5, 5.41) is 8.12. The molecule has 0 aliphatic carbocycles. The first kappa shape index (κ1) is 21.8. The van der Waals surface area contributed by atoms with Crippen molar-refractivity contribution in [2.45, 2.75) is 56.9 Å².